The molecule has 14 nitrogen and oxygen atoms in total. The predicted molar refractivity (Wildman–Crippen MR) is 115 cm³/mol. The van der Waals surface area contributed by atoms with Crippen molar-refractivity contribution in [1.29, 1.82) is 0 Å². The van der Waals surface area contributed by atoms with Crippen molar-refractivity contribution >= 4 is 35.6 Å². The Kier molecular flexibility index (Phi) is 10.9. The highest BCUT2D eigenvalue weighted by Gasteiger charge is 2.27. The molecular formula is C20H27N5O9. The number of carboxylic acid groups (broad SMARTS) is 2. The number of carbonyl (C=O) groups excluding carboxylic acids is 4. The summed E-state index contributed by atoms with van der Waals surface area (Å²) in [5.74, 6) is -6.11. The molecule has 0 aromatic heterocycles. The molecule has 0 aliphatic rings. The molecule has 1 aromatic rings. The normalized spacial score (nSPS) is 13.1. The molecule has 34 heavy (non-hydrogen) atoms. The number of benzene rings is 1. The smallest absolute Gasteiger partial charge is 0.326 e. The van der Waals surface area contributed by atoms with Crippen LogP contribution in [-0.2, 0) is 35.2 Å². The van der Waals surface area contributed by atoms with Gasteiger partial charge in [-0.2, -0.15) is 0 Å². The maximum Gasteiger partial charge on any atom is 0.326 e. The van der Waals surface area contributed by atoms with Crippen LogP contribution in [-0.4, -0.2) is 75.6 Å². The highest BCUT2D eigenvalue weighted by atomic mass is 16.4. The van der Waals surface area contributed by atoms with Gasteiger partial charge in [-0.25, -0.2) is 4.79 Å². The van der Waals surface area contributed by atoms with Gasteiger partial charge in [0, 0.05) is 12.8 Å². The molecule has 0 saturated carbocycles. The lowest BCUT2D eigenvalue weighted by atomic mass is 10.0. The van der Waals surface area contributed by atoms with E-state index in [1.807, 2.05) is 0 Å². The lowest BCUT2D eigenvalue weighted by Gasteiger charge is -2.22. The molecule has 3 unspecified atom stereocenters. The van der Waals surface area contributed by atoms with E-state index in [0.717, 1.165) is 0 Å². The van der Waals surface area contributed by atoms with E-state index in [9.17, 15) is 39.0 Å². The van der Waals surface area contributed by atoms with Gasteiger partial charge in [-0.05, 0) is 24.1 Å². The second kappa shape index (κ2) is 13.4. The van der Waals surface area contributed by atoms with E-state index in [0.29, 0.717) is 5.56 Å². The van der Waals surface area contributed by atoms with Crippen LogP contribution in [0.15, 0.2) is 24.3 Å². The topological polar surface area (TPSA) is 251 Å². The Morgan fingerprint density at radius 3 is 2.06 bits per heavy atom. The zero-order chi connectivity index (χ0) is 25.8. The van der Waals surface area contributed by atoms with Crippen molar-refractivity contribution in [3.63, 3.8) is 0 Å². The average molecular weight is 481 g/mol. The second-order valence-corrected chi connectivity index (χ2v) is 7.32. The number of rotatable bonds is 14. The number of hydrogen-bond donors (Lipinski definition) is 8. The third-order valence-corrected chi connectivity index (χ3v) is 4.47. The van der Waals surface area contributed by atoms with Crippen molar-refractivity contribution in [1.82, 2.24) is 16.0 Å². The van der Waals surface area contributed by atoms with Crippen LogP contribution >= 0.6 is 0 Å². The molecule has 0 saturated heterocycles. The number of primary amides is 1. The van der Waals surface area contributed by atoms with E-state index in [1.165, 1.54) is 24.3 Å². The Morgan fingerprint density at radius 1 is 0.912 bits per heavy atom. The number of carboxylic acids is 2. The molecule has 10 N–H and O–H groups in total. The number of amides is 4. The summed E-state index contributed by atoms with van der Waals surface area (Å²) in [7, 11) is 0. The molecule has 3 atom stereocenters. The summed E-state index contributed by atoms with van der Waals surface area (Å²) >= 11 is 0. The summed E-state index contributed by atoms with van der Waals surface area (Å²) in [6, 6.07) is 1.55. The summed E-state index contributed by atoms with van der Waals surface area (Å²) in [5, 5.41) is 34.2. The van der Waals surface area contributed by atoms with Gasteiger partial charge < -0.3 is 42.7 Å². The molecular weight excluding hydrogens is 454 g/mol. The monoisotopic (exact) mass is 481 g/mol. The lowest BCUT2D eigenvalue weighted by Crippen LogP contribution is -2.54. The standard InChI is InChI=1S/C20H27N5O9/c21-12(8-15(22)27)18(31)23-9-16(28)24-14(7-10-1-3-11(26)4-2-10)19(32)25-13(20(33)34)5-6-17(29)30/h1-4,12-14,26H,5-9,21H2,(H2,22,27)(H,23,31)(H,24,28)(H,25,32)(H,29,30)(H,33,34). The molecule has 1 aromatic carbocycles. The Bertz CT molecular complexity index is 920. The first-order valence-electron chi connectivity index (χ1n) is 10.0. The molecule has 14 heteroatoms. The van der Waals surface area contributed by atoms with Crippen molar-refractivity contribution in [2.75, 3.05) is 6.54 Å². The largest absolute Gasteiger partial charge is 0.508 e. The number of carbonyl (C=O) groups is 6. The van der Waals surface area contributed by atoms with E-state index in [-0.39, 0.29) is 18.6 Å². The minimum absolute atomic E-state index is 0.0385. The van der Waals surface area contributed by atoms with Gasteiger partial charge in [0.2, 0.25) is 23.6 Å². The SMILES string of the molecule is NC(=O)CC(N)C(=O)NCC(=O)NC(Cc1ccc(O)cc1)C(=O)NC(CCC(=O)O)C(=O)O. The Labute approximate surface area is 193 Å². The fourth-order valence-corrected chi connectivity index (χ4v) is 2.73. The highest BCUT2D eigenvalue weighted by Crippen LogP contribution is 2.12. The Hall–Kier alpha value is -4.20. The summed E-state index contributed by atoms with van der Waals surface area (Å²) in [6.07, 6.45) is -1.45. The minimum atomic E-state index is -1.52. The first-order valence-corrected chi connectivity index (χ1v) is 10.0. The maximum absolute atomic E-state index is 12.7. The first kappa shape index (κ1) is 27.8. The van der Waals surface area contributed by atoms with E-state index >= 15 is 0 Å². The number of phenolic OH excluding ortho intramolecular Hbond substituents is 1. The molecule has 0 bridgehead atoms. The predicted octanol–water partition coefficient (Wildman–Crippen LogP) is -2.83. The molecule has 0 fully saturated rings. The van der Waals surface area contributed by atoms with Gasteiger partial charge in [-0.3, -0.25) is 24.0 Å². The number of hydrogen-bond acceptors (Lipinski definition) is 8. The zero-order valence-corrected chi connectivity index (χ0v) is 18.0. The van der Waals surface area contributed by atoms with Crippen molar-refractivity contribution in [3.05, 3.63) is 29.8 Å². The van der Waals surface area contributed by atoms with Crippen molar-refractivity contribution in [2.45, 2.75) is 43.8 Å². The van der Waals surface area contributed by atoms with Gasteiger partial charge in [0.15, 0.2) is 0 Å². The highest BCUT2D eigenvalue weighted by molar-refractivity contribution is 5.93. The van der Waals surface area contributed by atoms with Gasteiger partial charge in [0.05, 0.1) is 19.0 Å². The van der Waals surface area contributed by atoms with Crippen LogP contribution in [0.4, 0.5) is 0 Å². The van der Waals surface area contributed by atoms with Crippen LogP contribution in [0.1, 0.15) is 24.8 Å². The van der Waals surface area contributed by atoms with Crippen LogP contribution in [0.25, 0.3) is 0 Å². The summed E-state index contributed by atoms with van der Waals surface area (Å²) in [4.78, 5) is 69.8. The number of aliphatic carboxylic acids is 2. The molecule has 186 valence electrons. The number of nitrogens with two attached hydrogens (primary N) is 2. The Balaban J connectivity index is 2.89. The quantitative estimate of drug-likeness (QED) is 0.135. The van der Waals surface area contributed by atoms with Crippen LogP contribution in [0.2, 0.25) is 0 Å². The van der Waals surface area contributed by atoms with Crippen LogP contribution in [0.3, 0.4) is 0 Å². The number of phenols is 1. The van der Waals surface area contributed by atoms with Crippen molar-refractivity contribution < 1.29 is 44.1 Å². The summed E-state index contributed by atoms with van der Waals surface area (Å²) in [6.45, 7) is -0.605. The van der Waals surface area contributed by atoms with Gasteiger partial charge in [-0.15, -0.1) is 0 Å². The number of nitrogens with one attached hydrogen (secondary N) is 3. The van der Waals surface area contributed by atoms with Crippen molar-refractivity contribution in [2.24, 2.45) is 11.5 Å². The lowest BCUT2D eigenvalue weighted by molar-refractivity contribution is -0.143. The fraction of sp³-hybridized carbons (Fsp3) is 0.400. The maximum atomic E-state index is 12.7. The molecule has 0 heterocycles. The van der Waals surface area contributed by atoms with E-state index in [4.69, 9.17) is 16.6 Å². The van der Waals surface area contributed by atoms with Gasteiger partial charge in [0.1, 0.15) is 17.8 Å². The zero-order valence-electron chi connectivity index (χ0n) is 18.0. The second-order valence-electron chi connectivity index (χ2n) is 7.32. The summed E-state index contributed by atoms with van der Waals surface area (Å²) in [5.41, 5.74) is 10.9. The van der Waals surface area contributed by atoms with Crippen molar-refractivity contribution in [3.8, 4) is 5.75 Å². The van der Waals surface area contributed by atoms with Crippen LogP contribution < -0.4 is 27.4 Å². The average Bonchev–Trinajstić information content (AvgIpc) is 2.74. The molecule has 0 aliphatic heterocycles. The molecule has 1 rings (SSSR count). The van der Waals surface area contributed by atoms with Gasteiger partial charge >= 0.3 is 11.9 Å². The van der Waals surface area contributed by atoms with Gasteiger partial charge in [-0.1, -0.05) is 12.1 Å². The van der Waals surface area contributed by atoms with Crippen LogP contribution in [0.5, 0.6) is 5.75 Å². The molecule has 0 spiro atoms. The van der Waals surface area contributed by atoms with Gasteiger partial charge in [0.25, 0.3) is 0 Å². The van der Waals surface area contributed by atoms with E-state index in [1.54, 1.807) is 0 Å². The third kappa shape index (κ3) is 10.4. The molecule has 4 amide bonds. The third-order valence-electron chi connectivity index (χ3n) is 4.47. The van der Waals surface area contributed by atoms with E-state index < -0.39 is 73.1 Å². The van der Waals surface area contributed by atoms with Crippen LogP contribution in [0, 0.1) is 0 Å². The number of aromatic hydroxyl groups is 1. The van der Waals surface area contributed by atoms with E-state index in [2.05, 4.69) is 16.0 Å². The summed E-state index contributed by atoms with van der Waals surface area (Å²) < 4.78 is 0. The fourth-order valence-electron chi connectivity index (χ4n) is 2.73. The minimum Gasteiger partial charge on any atom is -0.508 e. The molecule has 0 aliphatic carbocycles. The first-order chi connectivity index (χ1) is 15.9. The Morgan fingerprint density at radius 2 is 1.53 bits per heavy atom. The molecule has 0 radical (unpaired) electrons.